The zero-order valence-electron chi connectivity index (χ0n) is 2.01. The Bertz CT molecular complexity index is 3.25. The minimum absolute atomic E-state index is 0. The van der Waals surface area contributed by atoms with Gasteiger partial charge in [0.2, 0.25) is 0 Å². The molecule has 0 aliphatic heterocycles. The van der Waals surface area contributed by atoms with Crippen LogP contribution in [0.2, 0.25) is 0 Å². The second-order valence-electron chi connectivity index (χ2n) is 0.0816. The van der Waals surface area contributed by atoms with Gasteiger partial charge in [0.15, 0.2) is 0 Å². The molecule has 0 atom stereocenters. The molecule has 0 N–H and O–H groups in total. The van der Waals surface area contributed by atoms with E-state index < -0.39 is 0 Å². The van der Waals surface area contributed by atoms with Gasteiger partial charge < -0.3 is 0 Å². The summed E-state index contributed by atoms with van der Waals surface area (Å²) in [5.41, 5.74) is 0. The molecule has 0 rings (SSSR count). The molecule has 0 fully saturated rings. The van der Waals surface area contributed by atoms with Crippen LogP contribution in [0.3, 0.4) is 0 Å². The third-order valence-corrected chi connectivity index (χ3v) is 0. The first-order valence-corrected chi connectivity index (χ1v) is 3.29. The Morgan fingerprint density at radius 2 is 1.25 bits per heavy atom. The van der Waals surface area contributed by atoms with Crippen LogP contribution in [-0.2, 0) is 19.5 Å². The molecule has 4 heteroatoms. The van der Waals surface area contributed by atoms with Crippen LogP contribution in [0, 0.1) is 0 Å². The van der Waals surface area contributed by atoms with Crippen molar-refractivity contribution in [2.45, 2.75) is 0 Å². The number of rotatable bonds is 0. The summed E-state index contributed by atoms with van der Waals surface area (Å²) in [6.07, 6.45) is 0. The Hall–Kier alpha value is 1.67. The Morgan fingerprint density at radius 1 is 1.25 bits per heavy atom. The average Bonchev–Trinajstić information content (AvgIpc) is 0.918. The van der Waals surface area contributed by atoms with Crippen LogP contribution in [0.5, 0.6) is 0 Å². The van der Waals surface area contributed by atoms with Crippen molar-refractivity contribution in [1.82, 2.24) is 0 Å². The maximum atomic E-state index is 3.57. The van der Waals surface area contributed by atoms with E-state index in [0.29, 0.717) is 0 Å². The summed E-state index contributed by atoms with van der Waals surface area (Å²) in [6.45, 7) is 0. The smallest absolute Gasteiger partial charge is 0 e. The monoisotopic (exact) mass is 162 g/mol. The standard InChI is InChI=1S/H2S3.Zn/c1-3-2;/h1-2H;. The molecular formula is H2S3Zn. The van der Waals surface area contributed by atoms with Gasteiger partial charge in [-0.3, -0.25) is 0 Å². The molecule has 0 nitrogen and oxygen atoms in total. The fraction of sp³-hybridized carbons (Fsp3) is 0. The van der Waals surface area contributed by atoms with Gasteiger partial charge in [-0.2, -0.15) is 0 Å². The van der Waals surface area contributed by atoms with Crippen LogP contribution in [0.1, 0.15) is 0 Å². The largest absolute Gasteiger partial charge is 0.1000 e. The minimum Gasteiger partial charge on any atom is -0.1000 e. The summed E-state index contributed by atoms with van der Waals surface area (Å²) < 4.78 is 0. The quantitative estimate of drug-likeness (QED) is 0.309. The molecule has 0 spiro atoms. The predicted molar refractivity (Wildman–Crippen MR) is 25.6 cm³/mol. The Morgan fingerprint density at radius 3 is 1.25 bits per heavy atom. The second kappa shape index (κ2) is 8.82. The van der Waals surface area contributed by atoms with E-state index in [4.69, 9.17) is 0 Å². The summed E-state index contributed by atoms with van der Waals surface area (Å²) in [5.74, 6) is 0. The van der Waals surface area contributed by atoms with Gasteiger partial charge in [-0.1, -0.05) is 23.3 Å². The zero-order valence-corrected chi connectivity index (χ0v) is 7.58. The molecule has 0 aromatic heterocycles. The topological polar surface area (TPSA) is 0 Å². The third kappa shape index (κ3) is 9.38. The van der Waals surface area contributed by atoms with Crippen LogP contribution in [0.25, 0.3) is 0 Å². The van der Waals surface area contributed by atoms with Gasteiger partial charge in [0.25, 0.3) is 0 Å². The molecule has 0 aliphatic carbocycles. The first-order chi connectivity index (χ1) is 1.41. The number of hydrogen-bond acceptors (Lipinski definition) is 3. The van der Waals surface area contributed by atoms with E-state index in [1.165, 1.54) is 0 Å². The van der Waals surface area contributed by atoms with Crippen LogP contribution in [0.15, 0.2) is 0 Å². The van der Waals surface area contributed by atoms with Gasteiger partial charge in [-0.15, -0.1) is 0 Å². The van der Waals surface area contributed by atoms with Gasteiger partial charge in [0, 0.05) is 19.5 Å². The van der Waals surface area contributed by atoms with Crippen molar-refractivity contribution in [1.29, 1.82) is 0 Å². The summed E-state index contributed by atoms with van der Waals surface area (Å²) in [4.78, 5) is 0. The van der Waals surface area contributed by atoms with Gasteiger partial charge >= 0.3 is 0 Å². The van der Waals surface area contributed by atoms with Crippen LogP contribution in [-0.4, -0.2) is 0 Å². The van der Waals surface area contributed by atoms with Crippen LogP contribution < -0.4 is 0 Å². The molecule has 0 bridgehead atoms. The Labute approximate surface area is 52.5 Å². The molecule has 4 heavy (non-hydrogen) atoms. The normalized spacial score (nSPS) is 4.50. The summed E-state index contributed by atoms with van der Waals surface area (Å²) >= 11 is 7.14. The summed E-state index contributed by atoms with van der Waals surface area (Å²) in [7, 11) is 1.14. The van der Waals surface area contributed by atoms with Gasteiger partial charge in [-0.05, 0) is 9.83 Å². The van der Waals surface area contributed by atoms with E-state index in [0.717, 1.165) is 9.83 Å². The fourth-order valence-electron chi connectivity index (χ4n) is 0. The van der Waals surface area contributed by atoms with E-state index >= 15 is 0 Å². The van der Waals surface area contributed by atoms with Crippen LogP contribution in [0.4, 0.5) is 0 Å². The molecule has 0 aromatic rings. The van der Waals surface area contributed by atoms with Crippen molar-refractivity contribution in [3.05, 3.63) is 0 Å². The van der Waals surface area contributed by atoms with Crippen molar-refractivity contribution in [2.24, 2.45) is 0 Å². The zero-order chi connectivity index (χ0) is 2.71. The SMILES string of the molecule is SSS.[Zn]. The van der Waals surface area contributed by atoms with Crippen molar-refractivity contribution in [3.63, 3.8) is 0 Å². The van der Waals surface area contributed by atoms with Gasteiger partial charge in [0.05, 0.1) is 0 Å². The molecule has 0 saturated carbocycles. The second-order valence-corrected chi connectivity index (χ2v) is 2.20. The van der Waals surface area contributed by atoms with E-state index in [1.807, 2.05) is 0 Å². The van der Waals surface area contributed by atoms with Crippen molar-refractivity contribution in [3.8, 4) is 0 Å². The maximum absolute atomic E-state index is 3.57. The first kappa shape index (κ1) is 9.18. The number of hydrogen-bond donors (Lipinski definition) is 2. The van der Waals surface area contributed by atoms with E-state index in [9.17, 15) is 0 Å². The minimum atomic E-state index is 0. The molecule has 0 radical (unpaired) electrons. The van der Waals surface area contributed by atoms with Crippen molar-refractivity contribution >= 4 is 33.1 Å². The predicted octanol–water partition coefficient (Wildman–Crippen LogP) is 1.41. The van der Waals surface area contributed by atoms with E-state index in [-0.39, 0.29) is 19.5 Å². The molecule has 0 aromatic carbocycles. The summed E-state index contributed by atoms with van der Waals surface area (Å²) in [6, 6.07) is 0. The molecule has 0 unspecified atom stereocenters. The van der Waals surface area contributed by atoms with Crippen molar-refractivity contribution < 1.29 is 19.5 Å². The third-order valence-electron chi connectivity index (χ3n) is 0. The molecule has 0 heterocycles. The Balaban J connectivity index is 0. The van der Waals surface area contributed by atoms with Gasteiger partial charge in [0.1, 0.15) is 0 Å². The molecule has 22 valence electrons. The number of thiol groups is 2. The van der Waals surface area contributed by atoms with Crippen LogP contribution >= 0.6 is 33.1 Å². The summed E-state index contributed by atoms with van der Waals surface area (Å²) in [5, 5.41) is 0. The maximum Gasteiger partial charge on any atom is 0 e. The van der Waals surface area contributed by atoms with E-state index in [1.54, 1.807) is 0 Å². The molecular weight excluding hydrogens is 162 g/mol. The first-order valence-electron chi connectivity index (χ1n) is 0.365. The average molecular weight is 164 g/mol. The molecule has 0 saturated heterocycles. The molecule has 0 aliphatic rings. The van der Waals surface area contributed by atoms with Crippen molar-refractivity contribution in [2.75, 3.05) is 0 Å². The fourth-order valence-corrected chi connectivity index (χ4v) is 0. The van der Waals surface area contributed by atoms with E-state index in [2.05, 4.69) is 23.3 Å². The Kier molecular flexibility index (Phi) is 20.3. The molecule has 0 amide bonds. The van der Waals surface area contributed by atoms with Gasteiger partial charge in [-0.25, -0.2) is 0 Å².